The van der Waals surface area contributed by atoms with E-state index >= 15 is 0 Å². The molecular formula is C30H31F3N6O4. The summed E-state index contributed by atoms with van der Waals surface area (Å²) in [4.78, 5) is 33.1. The molecule has 0 saturated carbocycles. The molecule has 13 heteroatoms. The van der Waals surface area contributed by atoms with Gasteiger partial charge in [0.15, 0.2) is 0 Å². The SMILES string of the molecule is Nc1nc(O[C@H](c2ccc(-c3ccc4c(c3)CCC(=O)N4)cc2)C(F)(F)F)cc(N2CCC3(CC2)CN[C@H](C(=O)O)C3)n1. The van der Waals surface area contributed by atoms with Crippen molar-refractivity contribution in [3.63, 3.8) is 0 Å². The number of aryl methyl sites for hydroxylation is 1. The average molecular weight is 597 g/mol. The molecule has 4 heterocycles. The van der Waals surface area contributed by atoms with Crippen molar-refractivity contribution < 1.29 is 32.6 Å². The van der Waals surface area contributed by atoms with E-state index in [-0.39, 0.29) is 28.7 Å². The lowest BCUT2D eigenvalue weighted by molar-refractivity contribution is -0.198. The summed E-state index contributed by atoms with van der Waals surface area (Å²) < 4.78 is 48.2. The van der Waals surface area contributed by atoms with Crippen LogP contribution in [0.4, 0.5) is 30.6 Å². The molecule has 0 radical (unpaired) electrons. The number of hydrogen-bond donors (Lipinski definition) is 4. The van der Waals surface area contributed by atoms with Crippen molar-refractivity contribution in [1.82, 2.24) is 15.3 Å². The number of carboxylic acid groups (broad SMARTS) is 1. The van der Waals surface area contributed by atoms with Gasteiger partial charge in [0, 0.05) is 43.4 Å². The van der Waals surface area contributed by atoms with Crippen molar-refractivity contribution in [2.75, 3.05) is 35.6 Å². The number of halogens is 3. The normalized spacial score (nSPS) is 20.4. The second-order valence-electron chi connectivity index (χ2n) is 11.5. The van der Waals surface area contributed by atoms with Crippen LogP contribution in [0.3, 0.4) is 0 Å². The Morgan fingerprint density at radius 3 is 2.47 bits per heavy atom. The smallest absolute Gasteiger partial charge is 0.429 e. The number of nitrogen functional groups attached to an aromatic ring is 1. The van der Waals surface area contributed by atoms with E-state index in [1.807, 2.05) is 17.0 Å². The highest BCUT2D eigenvalue weighted by atomic mass is 19.4. The van der Waals surface area contributed by atoms with Crippen LogP contribution in [0.25, 0.3) is 11.1 Å². The zero-order valence-corrected chi connectivity index (χ0v) is 23.2. The van der Waals surface area contributed by atoms with Crippen LogP contribution in [0.2, 0.25) is 0 Å². The molecule has 3 aliphatic heterocycles. The van der Waals surface area contributed by atoms with Crippen LogP contribution >= 0.6 is 0 Å². The Labute approximate surface area is 245 Å². The Morgan fingerprint density at radius 1 is 1.07 bits per heavy atom. The van der Waals surface area contributed by atoms with Gasteiger partial charge in [-0.05, 0) is 59.9 Å². The van der Waals surface area contributed by atoms with Gasteiger partial charge in [-0.2, -0.15) is 23.1 Å². The molecule has 3 aromatic rings. The molecule has 0 aliphatic carbocycles. The fourth-order valence-corrected chi connectivity index (χ4v) is 6.19. The number of carbonyl (C=O) groups is 2. The lowest BCUT2D eigenvalue weighted by Gasteiger charge is -2.39. The van der Waals surface area contributed by atoms with Crippen LogP contribution in [-0.4, -0.2) is 58.8 Å². The fourth-order valence-electron chi connectivity index (χ4n) is 6.19. The second kappa shape index (κ2) is 11.0. The van der Waals surface area contributed by atoms with E-state index in [2.05, 4.69) is 20.6 Å². The number of carbonyl (C=O) groups excluding carboxylic acids is 1. The maximum atomic E-state index is 14.3. The molecule has 0 unspecified atom stereocenters. The van der Waals surface area contributed by atoms with Crippen molar-refractivity contribution in [2.45, 2.75) is 50.4 Å². The summed E-state index contributed by atoms with van der Waals surface area (Å²) in [7, 11) is 0. The van der Waals surface area contributed by atoms with Gasteiger partial charge in [-0.15, -0.1) is 0 Å². The summed E-state index contributed by atoms with van der Waals surface area (Å²) in [5, 5.41) is 15.2. The quantitative estimate of drug-likeness (QED) is 0.327. The Kier molecular flexibility index (Phi) is 7.36. The molecule has 0 bridgehead atoms. The number of hydrogen-bond acceptors (Lipinski definition) is 8. The third-order valence-electron chi connectivity index (χ3n) is 8.60. The first kappa shape index (κ1) is 28.7. The van der Waals surface area contributed by atoms with Crippen molar-refractivity contribution in [3.05, 3.63) is 59.7 Å². The topological polar surface area (TPSA) is 143 Å². The highest BCUT2D eigenvalue weighted by Crippen LogP contribution is 2.42. The number of rotatable bonds is 6. The number of alkyl halides is 3. The van der Waals surface area contributed by atoms with Gasteiger partial charge in [0.1, 0.15) is 11.9 Å². The average Bonchev–Trinajstić information content (AvgIpc) is 3.39. The van der Waals surface area contributed by atoms with Gasteiger partial charge in [-0.25, -0.2) is 0 Å². The van der Waals surface area contributed by atoms with Gasteiger partial charge < -0.3 is 31.1 Å². The van der Waals surface area contributed by atoms with Crippen LogP contribution in [0, 0.1) is 5.41 Å². The molecule has 226 valence electrons. The van der Waals surface area contributed by atoms with E-state index in [1.54, 1.807) is 18.2 Å². The number of carboxylic acids is 1. The molecule has 1 spiro atoms. The van der Waals surface area contributed by atoms with Crippen molar-refractivity contribution in [3.8, 4) is 17.0 Å². The van der Waals surface area contributed by atoms with Crippen molar-refractivity contribution in [1.29, 1.82) is 0 Å². The predicted molar refractivity (Wildman–Crippen MR) is 153 cm³/mol. The lowest BCUT2D eigenvalue weighted by Crippen LogP contribution is -2.41. The van der Waals surface area contributed by atoms with Crippen LogP contribution in [-0.2, 0) is 16.0 Å². The monoisotopic (exact) mass is 596 g/mol. The highest BCUT2D eigenvalue weighted by molar-refractivity contribution is 5.94. The first-order chi connectivity index (χ1) is 20.5. The van der Waals surface area contributed by atoms with Crippen molar-refractivity contribution in [2.24, 2.45) is 5.41 Å². The Hall–Kier alpha value is -4.39. The third-order valence-corrected chi connectivity index (χ3v) is 8.60. The van der Waals surface area contributed by atoms with E-state index in [4.69, 9.17) is 10.5 Å². The number of anilines is 3. The molecule has 2 saturated heterocycles. The Balaban J connectivity index is 1.18. The number of fused-ring (bicyclic) bond motifs is 1. The minimum Gasteiger partial charge on any atom is -0.480 e. The summed E-state index contributed by atoms with van der Waals surface area (Å²) in [6.07, 6.45) is -4.09. The fraction of sp³-hybridized carbons (Fsp3) is 0.400. The molecule has 5 N–H and O–H groups in total. The van der Waals surface area contributed by atoms with E-state index in [0.717, 1.165) is 22.4 Å². The van der Waals surface area contributed by atoms with E-state index in [0.29, 0.717) is 57.6 Å². The second-order valence-corrected chi connectivity index (χ2v) is 11.5. The third kappa shape index (κ3) is 6.07. The minimum atomic E-state index is -4.74. The number of benzene rings is 2. The van der Waals surface area contributed by atoms with Gasteiger partial charge in [0.05, 0.1) is 0 Å². The number of aromatic nitrogens is 2. The van der Waals surface area contributed by atoms with E-state index in [9.17, 15) is 27.9 Å². The van der Waals surface area contributed by atoms with Crippen molar-refractivity contribution >= 4 is 29.3 Å². The lowest BCUT2D eigenvalue weighted by atomic mass is 9.76. The first-order valence-corrected chi connectivity index (χ1v) is 14.1. The van der Waals surface area contributed by atoms with Crippen LogP contribution in [0.5, 0.6) is 5.88 Å². The highest BCUT2D eigenvalue weighted by Gasteiger charge is 2.45. The summed E-state index contributed by atoms with van der Waals surface area (Å²) in [6, 6.07) is 12.3. The first-order valence-electron chi connectivity index (χ1n) is 14.1. The maximum Gasteiger partial charge on any atom is 0.429 e. The molecule has 1 amide bonds. The largest absolute Gasteiger partial charge is 0.480 e. The zero-order chi connectivity index (χ0) is 30.4. The molecule has 1 aromatic heterocycles. The number of nitrogens with one attached hydrogen (secondary N) is 2. The summed E-state index contributed by atoms with van der Waals surface area (Å²) in [5.74, 6) is -1.05. The molecule has 43 heavy (non-hydrogen) atoms. The molecule has 6 rings (SSSR count). The summed E-state index contributed by atoms with van der Waals surface area (Å²) >= 11 is 0. The molecule has 3 aliphatic rings. The van der Waals surface area contributed by atoms with E-state index in [1.165, 1.54) is 18.2 Å². The molecule has 2 fully saturated rings. The van der Waals surface area contributed by atoms with Gasteiger partial charge in [-0.3, -0.25) is 9.59 Å². The number of piperidine rings is 1. The van der Waals surface area contributed by atoms with Gasteiger partial charge >= 0.3 is 12.1 Å². The van der Waals surface area contributed by atoms with Crippen LogP contribution in [0.1, 0.15) is 42.9 Å². The molecule has 10 nitrogen and oxygen atoms in total. The predicted octanol–water partition coefficient (Wildman–Crippen LogP) is 4.33. The zero-order valence-electron chi connectivity index (χ0n) is 23.2. The number of ether oxygens (including phenoxy) is 1. The van der Waals surface area contributed by atoms with Crippen LogP contribution in [0.15, 0.2) is 48.5 Å². The molecule has 2 aromatic carbocycles. The van der Waals surface area contributed by atoms with Gasteiger partial charge in [0.25, 0.3) is 0 Å². The van der Waals surface area contributed by atoms with Crippen LogP contribution < -0.4 is 26.0 Å². The Bertz CT molecular complexity index is 1540. The standard InChI is InChI=1S/C30H31F3N6O4/c31-30(32,33)26(18-3-1-17(2-4-18)19-5-7-21-20(13-19)6-8-24(40)36-21)43-25-14-23(37-28(34)38-25)39-11-9-29(10-12-39)15-22(27(41)42)35-16-29/h1-5,7,13-14,22,26,35H,6,8-12,15-16H2,(H,36,40)(H,41,42)(H2,34,37,38)/t22-,26+/m0/s1. The Morgan fingerprint density at radius 2 is 1.79 bits per heavy atom. The van der Waals surface area contributed by atoms with Gasteiger partial charge in [0.2, 0.25) is 23.8 Å². The number of nitrogens with two attached hydrogens (primary N) is 1. The number of amides is 1. The maximum absolute atomic E-state index is 14.3. The molecular weight excluding hydrogens is 565 g/mol. The molecule has 2 atom stereocenters. The number of aliphatic carboxylic acids is 1. The number of nitrogens with zero attached hydrogens (tertiary/aromatic N) is 3. The summed E-state index contributed by atoms with van der Waals surface area (Å²) in [5.41, 5.74) is 8.93. The van der Waals surface area contributed by atoms with E-state index < -0.39 is 24.3 Å². The van der Waals surface area contributed by atoms with Gasteiger partial charge in [-0.1, -0.05) is 30.3 Å². The minimum absolute atomic E-state index is 0.0398. The summed E-state index contributed by atoms with van der Waals surface area (Å²) in [6.45, 7) is 1.70.